The minimum absolute atomic E-state index is 0.00901. The molecule has 0 aliphatic carbocycles. The van der Waals surface area contributed by atoms with Gasteiger partial charge in [0.05, 0.1) is 5.56 Å². The van der Waals surface area contributed by atoms with E-state index in [1.165, 1.54) is 18.6 Å². The van der Waals surface area contributed by atoms with Crippen molar-refractivity contribution in [3.05, 3.63) is 94.8 Å². The highest BCUT2D eigenvalue weighted by atomic mass is 19.1. The number of aryl methyl sites for hydroxylation is 1. The standard InChI is InChI=1S/C29H22F5N/c1-2-3-4-5-6-17-7-9-21-18(11-17)8-10-22(29(21)34)19-12-26(32)28(27(33)13-19)20-14-24(30)23(16-35)25(31)15-20/h7-15H,2-6H2,1H3. The molecule has 0 radical (unpaired) electrons. The molecule has 0 N–H and O–H groups in total. The summed E-state index contributed by atoms with van der Waals surface area (Å²) in [5, 5.41) is 9.82. The summed E-state index contributed by atoms with van der Waals surface area (Å²) in [5.74, 6) is -5.27. The summed E-state index contributed by atoms with van der Waals surface area (Å²) in [4.78, 5) is 0. The van der Waals surface area contributed by atoms with E-state index in [0.717, 1.165) is 43.4 Å². The third-order valence-corrected chi connectivity index (χ3v) is 6.13. The van der Waals surface area contributed by atoms with Crippen molar-refractivity contribution in [1.82, 2.24) is 0 Å². The van der Waals surface area contributed by atoms with Gasteiger partial charge in [0.2, 0.25) is 0 Å². The molecule has 0 aromatic heterocycles. The number of hydrogen-bond donors (Lipinski definition) is 0. The Morgan fingerprint density at radius 1 is 0.714 bits per heavy atom. The van der Waals surface area contributed by atoms with Crippen LogP contribution in [-0.2, 0) is 6.42 Å². The van der Waals surface area contributed by atoms with Crippen molar-refractivity contribution in [1.29, 1.82) is 5.26 Å². The second kappa shape index (κ2) is 10.3. The summed E-state index contributed by atoms with van der Waals surface area (Å²) in [6.45, 7) is 2.15. The van der Waals surface area contributed by atoms with Crippen LogP contribution in [-0.4, -0.2) is 0 Å². The van der Waals surface area contributed by atoms with Crippen molar-refractivity contribution in [2.75, 3.05) is 0 Å². The van der Waals surface area contributed by atoms with Gasteiger partial charge in [0.1, 0.15) is 40.7 Å². The smallest absolute Gasteiger partial charge is 0.144 e. The monoisotopic (exact) mass is 479 g/mol. The van der Waals surface area contributed by atoms with Gasteiger partial charge in [-0.3, -0.25) is 0 Å². The van der Waals surface area contributed by atoms with Gasteiger partial charge in [-0.1, -0.05) is 56.5 Å². The molecule has 35 heavy (non-hydrogen) atoms. The van der Waals surface area contributed by atoms with Gasteiger partial charge >= 0.3 is 0 Å². The first kappa shape index (κ1) is 24.4. The van der Waals surface area contributed by atoms with Crippen LogP contribution in [0.1, 0.15) is 43.7 Å². The minimum atomic E-state index is -1.23. The molecule has 0 fully saturated rings. The van der Waals surface area contributed by atoms with Gasteiger partial charge in [0.15, 0.2) is 0 Å². The zero-order valence-corrected chi connectivity index (χ0v) is 19.1. The molecular formula is C29H22F5N. The summed E-state index contributed by atoms with van der Waals surface area (Å²) in [6, 6.07) is 13.2. The Balaban J connectivity index is 1.70. The lowest BCUT2D eigenvalue weighted by molar-refractivity contribution is 0.573. The van der Waals surface area contributed by atoms with Crippen LogP contribution >= 0.6 is 0 Å². The highest BCUT2D eigenvalue weighted by Gasteiger charge is 2.20. The first-order valence-corrected chi connectivity index (χ1v) is 11.4. The fraction of sp³-hybridized carbons (Fsp3) is 0.207. The van der Waals surface area contributed by atoms with Crippen molar-refractivity contribution >= 4 is 10.8 Å². The number of rotatable bonds is 7. The van der Waals surface area contributed by atoms with Crippen molar-refractivity contribution in [2.45, 2.75) is 39.0 Å². The largest absolute Gasteiger partial charge is 0.206 e. The molecule has 0 aliphatic heterocycles. The Kier molecular flexibility index (Phi) is 7.16. The highest BCUT2D eigenvalue weighted by molar-refractivity contribution is 5.89. The average molecular weight is 479 g/mol. The maximum Gasteiger partial charge on any atom is 0.144 e. The van der Waals surface area contributed by atoms with Crippen LogP contribution < -0.4 is 0 Å². The van der Waals surface area contributed by atoms with Crippen LogP contribution in [0.3, 0.4) is 0 Å². The number of nitriles is 1. The molecule has 0 atom stereocenters. The molecule has 4 rings (SSSR count). The molecule has 1 nitrogen and oxygen atoms in total. The predicted molar refractivity (Wildman–Crippen MR) is 127 cm³/mol. The third-order valence-electron chi connectivity index (χ3n) is 6.13. The Labute approximate surface area is 200 Å². The summed E-state index contributed by atoms with van der Waals surface area (Å²) >= 11 is 0. The zero-order valence-electron chi connectivity index (χ0n) is 19.1. The third kappa shape index (κ3) is 4.90. The van der Waals surface area contributed by atoms with E-state index in [9.17, 15) is 17.6 Å². The maximum atomic E-state index is 15.3. The Bertz CT molecular complexity index is 1410. The number of halogens is 5. The van der Waals surface area contributed by atoms with E-state index >= 15 is 4.39 Å². The zero-order chi connectivity index (χ0) is 25.1. The molecule has 0 saturated carbocycles. The number of unbranched alkanes of at least 4 members (excludes halogenated alkanes) is 3. The second-order valence-electron chi connectivity index (χ2n) is 8.53. The molecule has 0 spiro atoms. The van der Waals surface area contributed by atoms with E-state index in [1.807, 2.05) is 12.1 Å². The van der Waals surface area contributed by atoms with Gasteiger partial charge in [-0.15, -0.1) is 0 Å². The summed E-state index contributed by atoms with van der Waals surface area (Å²) in [7, 11) is 0. The van der Waals surface area contributed by atoms with Crippen molar-refractivity contribution < 1.29 is 22.0 Å². The van der Waals surface area contributed by atoms with Crippen LogP contribution in [0.25, 0.3) is 33.0 Å². The molecule has 0 bridgehead atoms. The first-order valence-electron chi connectivity index (χ1n) is 11.4. The summed E-state index contributed by atoms with van der Waals surface area (Å²) < 4.78 is 73.2. The Hall–Kier alpha value is -3.72. The van der Waals surface area contributed by atoms with Gasteiger partial charge in [0, 0.05) is 10.9 Å². The predicted octanol–water partition coefficient (Wildman–Crippen LogP) is 8.86. The van der Waals surface area contributed by atoms with E-state index < -0.39 is 45.8 Å². The van der Waals surface area contributed by atoms with E-state index in [2.05, 4.69) is 6.92 Å². The van der Waals surface area contributed by atoms with Gasteiger partial charge in [0.25, 0.3) is 0 Å². The van der Waals surface area contributed by atoms with Gasteiger partial charge in [-0.2, -0.15) is 5.26 Å². The Morgan fingerprint density at radius 3 is 2.00 bits per heavy atom. The molecule has 0 unspecified atom stereocenters. The molecule has 178 valence electrons. The molecule has 0 amide bonds. The fourth-order valence-electron chi connectivity index (χ4n) is 4.30. The fourth-order valence-corrected chi connectivity index (χ4v) is 4.30. The van der Waals surface area contributed by atoms with E-state index in [-0.39, 0.29) is 11.1 Å². The lowest BCUT2D eigenvalue weighted by Crippen LogP contribution is -1.97. The van der Waals surface area contributed by atoms with Crippen molar-refractivity contribution in [3.8, 4) is 28.3 Å². The molecular weight excluding hydrogens is 457 g/mol. The normalized spacial score (nSPS) is 11.1. The van der Waals surface area contributed by atoms with Crippen LogP contribution in [0.4, 0.5) is 22.0 Å². The van der Waals surface area contributed by atoms with Gasteiger partial charge in [-0.25, -0.2) is 22.0 Å². The molecule has 0 aliphatic rings. The molecule has 0 saturated heterocycles. The highest BCUT2D eigenvalue weighted by Crippen LogP contribution is 2.35. The lowest BCUT2D eigenvalue weighted by atomic mass is 9.95. The molecule has 6 heteroatoms. The summed E-state index contributed by atoms with van der Waals surface area (Å²) in [5.41, 5.74) is -0.829. The number of fused-ring (bicyclic) bond motifs is 1. The maximum absolute atomic E-state index is 15.3. The van der Waals surface area contributed by atoms with Crippen LogP contribution in [0.15, 0.2) is 54.6 Å². The Morgan fingerprint density at radius 2 is 1.37 bits per heavy atom. The van der Waals surface area contributed by atoms with Gasteiger partial charge in [-0.05, 0) is 59.2 Å². The first-order chi connectivity index (χ1) is 16.8. The topological polar surface area (TPSA) is 23.8 Å². The van der Waals surface area contributed by atoms with Crippen molar-refractivity contribution in [2.24, 2.45) is 0 Å². The average Bonchev–Trinajstić information content (AvgIpc) is 2.81. The number of hydrogen-bond acceptors (Lipinski definition) is 1. The van der Waals surface area contributed by atoms with E-state index in [4.69, 9.17) is 5.26 Å². The minimum Gasteiger partial charge on any atom is -0.206 e. The molecule has 4 aromatic carbocycles. The van der Waals surface area contributed by atoms with E-state index in [1.54, 1.807) is 12.1 Å². The molecule has 4 aromatic rings. The number of nitrogens with zero attached hydrogens (tertiary/aromatic N) is 1. The second-order valence-corrected chi connectivity index (χ2v) is 8.53. The van der Waals surface area contributed by atoms with Crippen LogP contribution in [0, 0.1) is 40.4 Å². The lowest BCUT2D eigenvalue weighted by Gasteiger charge is -2.12. The molecule has 0 heterocycles. The summed E-state index contributed by atoms with van der Waals surface area (Å²) in [6.07, 6.45) is 5.41. The van der Waals surface area contributed by atoms with Crippen LogP contribution in [0.2, 0.25) is 0 Å². The van der Waals surface area contributed by atoms with Gasteiger partial charge < -0.3 is 0 Å². The quantitative estimate of drug-likeness (QED) is 0.192. The van der Waals surface area contributed by atoms with Crippen molar-refractivity contribution in [3.63, 3.8) is 0 Å². The number of benzene rings is 4. The van der Waals surface area contributed by atoms with E-state index in [0.29, 0.717) is 22.9 Å². The van der Waals surface area contributed by atoms with Crippen LogP contribution in [0.5, 0.6) is 0 Å². The SMILES string of the molecule is CCCCCCc1ccc2c(F)c(-c3cc(F)c(-c4cc(F)c(C#N)c(F)c4)c(F)c3)ccc2c1.